The van der Waals surface area contributed by atoms with Gasteiger partial charge < -0.3 is 10.2 Å². The number of nitrogens with two attached hydrogens (primary N) is 1. The van der Waals surface area contributed by atoms with Gasteiger partial charge in [0, 0.05) is 0 Å². The fraction of sp³-hybridized carbons (Fsp3) is 0.318. The number of hydrogen-bond donors (Lipinski definition) is 2. The normalized spacial score (nSPS) is 12.8. The summed E-state index contributed by atoms with van der Waals surface area (Å²) in [5.41, 5.74) is 5.90. The molecule has 0 radical (unpaired) electrons. The Morgan fingerprint density at radius 2 is 1.88 bits per heavy atom. The lowest BCUT2D eigenvalue weighted by Gasteiger charge is -2.25. The van der Waals surface area contributed by atoms with Crippen LogP contribution in [0, 0.1) is 6.92 Å². The summed E-state index contributed by atoms with van der Waals surface area (Å²) >= 11 is 0. The topological polar surface area (TPSA) is 64.3 Å². The Morgan fingerprint density at radius 1 is 1.19 bits per heavy atom. The molecule has 26 heavy (non-hydrogen) atoms. The third-order valence-corrected chi connectivity index (χ3v) is 3.91. The van der Waals surface area contributed by atoms with Crippen LogP contribution in [0.2, 0.25) is 0 Å². The van der Waals surface area contributed by atoms with Crippen molar-refractivity contribution in [2.45, 2.75) is 45.6 Å². The number of nitrogens with one attached hydrogen (secondary N) is 1. The Bertz CT molecular complexity index is 761. The van der Waals surface area contributed by atoms with Crippen LogP contribution >= 0.6 is 0 Å². The summed E-state index contributed by atoms with van der Waals surface area (Å²) in [5.74, 6) is 4.98. The van der Waals surface area contributed by atoms with Gasteiger partial charge in [0.05, 0.1) is 11.6 Å². The number of esters is 1. The average molecular weight is 352 g/mol. The second-order valence-electron chi connectivity index (χ2n) is 7.37. The van der Waals surface area contributed by atoms with Gasteiger partial charge in [-0.25, -0.2) is 0 Å². The Balaban J connectivity index is 2.31. The van der Waals surface area contributed by atoms with Gasteiger partial charge >= 0.3 is 5.97 Å². The zero-order valence-electron chi connectivity index (χ0n) is 16.0. The van der Waals surface area contributed by atoms with Crippen LogP contribution in [0.3, 0.4) is 0 Å². The predicted octanol–water partition coefficient (Wildman–Crippen LogP) is 4.81. The number of allylic oxidation sites excluding steroid dienone is 1. The molecule has 4 heteroatoms. The summed E-state index contributed by atoms with van der Waals surface area (Å²) in [6.07, 6.45) is 4.55. The monoisotopic (exact) mass is 352 g/mol. The summed E-state index contributed by atoms with van der Waals surface area (Å²) in [6, 6.07) is 15.8. The molecule has 138 valence electrons. The molecular weight excluding hydrogens is 324 g/mol. The van der Waals surface area contributed by atoms with Crippen LogP contribution in [0.5, 0.6) is 0 Å². The predicted molar refractivity (Wildman–Crippen MR) is 108 cm³/mol. The van der Waals surface area contributed by atoms with Crippen LogP contribution in [0.25, 0.3) is 6.08 Å². The second kappa shape index (κ2) is 8.68. The molecule has 0 saturated heterocycles. The van der Waals surface area contributed by atoms with E-state index >= 15 is 0 Å². The number of carbonyl (C=O) groups excluding carboxylic acids is 1. The molecule has 4 nitrogen and oxygen atoms in total. The SMILES string of the molecule is Cc1ccc(NN)c([C@H](C/C=C/c2ccccc2)C(=O)OC(C)(C)C)c1. The van der Waals surface area contributed by atoms with E-state index in [9.17, 15) is 4.79 Å². The van der Waals surface area contributed by atoms with Crippen molar-refractivity contribution >= 4 is 17.7 Å². The van der Waals surface area contributed by atoms with E-state index in [0.29, 0.717) is 6.42 Å². The van der Waals surface area contributed by atoms with Crippen molar-refractivity contribution in [3.05, 3.63) is 71.3 Å². The molecule has 0 saturated carbocycles. The Morgan fingerprint density at radius 3 is 2.50 bits per heavy atom. The van der Waals surface area contributed by atoms with Crippen LogP contribution in [0.15, 0.2) is 54.6 Å². The fourth-order valence-electron chi connectivity index (χ4n) is 2.73. The molecule has 0 amide bonds. The van der Waals surface area contributed by atoms with Crippen molar-refractivity contribution in [1.82, 2.24) is 0 Å². The third kappa shape index (κ3) is 5.74. The highest BCUT2D eigenvalue weighted by Crippen LogP contribution is 2.31. The van der Waals surface area contributed by atoms with Gasteiger partial charge in [-0.15, -0.1) is 0 Å². The summed E-state index contributed by atoms with van der Waals surface area (Å²) in [5, 5.41) is 0. The van der Waals surface area contributed by atoms with Crippen LogP contribution in [-0.4, -0.2) is 11.6 Å². The van der Waals surface area contributed by atoms with E-state index in [-0.39, 0.29) is 5.97 Å². The van der Waals surface area contributed by atoms with Gasteiger partial charge in [-0.05, 0) is 51.3 Å². The minimum Gasteiger partial charge on any atom is -0.459 e. The maximum Gasteiger partial charge on any atom is 0.314 e. The van der Waals surface area contributed by atoms with Gasteiger partial charge in [0.2, 0.25) is 0 Å². The van der Waals surface area contributed by atoms with Gasteiger partial charge in [0.25, 0.3) is 0 Å². The van der Waals surface area contributed by atoms with Crippen molar-refractivity contribution in [3.63, 3.8) is 0 Å². The summed E-state index contributed by atoms with van der Waals surface area (Å²) < 4.78 is 5.65. The first-order valence-corrected chi connectivity index (χ1v) is 8.82. The highest BCUT2D eigenvalue weighted by molar-refractivity contribution is 5.81. The molecule has 1 atom stereocenters. The number of anilines is 1. The molecule has 0 bridgehead atoms. The lowest BCUT2D eigenvalue weighted by molar-refractivity contribution is -0.156. The van der Waals surface area contributed by atoms with E-state index in [1.807, 2.05) is 88.4 Å². The fourth-order valence-corrected chi connectivity index (χ4v) is 2.73. The number of aryl methyl sites for hydroxylation is 1. The molecule has 0 spiro atoms. The third-order valence-electron chi connectivity index (χ3n) is 3.91. The lowest BCUT2D eigenvalue weighted by Crippen LogP contribution is -2.28. The zero-order valence-corrected chi connectivity index (χ0v) is 16.0. The molecule has 0 fully saturated rings. The van der Waals surface area contributed by atoms with Crippen LogP contribution in [-0.2, 0) is 9.53 Å². The standard InChI is InChI=1S/C22H28N2O2/c1-16-13-14-20(24-23)19(15-16)18(21(25)26-22(2,3)4)12-8-11-17-9-6-5-7-10-17/h5-11,13-15,18,24H,12,23H2,1-4H3/b11-8+/t18-/m0/s1. The van der Waals surface area contributed by atoms with E-state index < -0.39 is 11.5 Å². The maximum absolute atomic E-state index is 12.9. The van der Waals surface area contributed by atoms with Gasteiger partial charge in [-0.2, -0.15) is 0 Å². The second-order valence-corrected chi connectivity index (χ2v) is 7.37. The van der Waals surface area contributed by atoms with E-state index in [2.05, 4.69) is 5.43 Å². The Labute approximate surface area is 156 Å². The highest BCUT2D eigenvalue weighted by atomic mass is 16.6. The molecule has 0 aromatic heterocycles. The van der Waals surface area contributed by atoms with Gasteiger partial charge in [-0.3, -0.25) is 10.6 Å². The maximum atomic E-state index is 12.9. The smallest absolute Gasteiger partial charge is 0.314 e. The number of hydrazine groups is 1. The molecular formula is C22H28N2O2. The Hall–Kier alpha value is -2.59. The Kier molecular flexibility index (Phi) is 6.58. The van der Waals surface area contributed by atoms with E-state index in [0.717, 1.165) is 22.4 Å². The number of benzene rings is 2. The molecule has 0 aliphatic carbocycles. The largest absolute Gasteiger partial charge is 0.459 e. The molecule has 2 rings (SSSR count). The number of carbonyl (C=O) groups is 1. The van der Waals surface area contributed by atoms with Crippen molar-refractivity contribution in [1.29, 1.82) is 0 Å². The summed E-state index contributed by atoms with van der Waals surface area (Å²) in [4.78, 5) is 12.9. The molecule has 0 heterocycles. The minimum atomic E-state index is -0.543. The molecule has 3 N–H and O–H groups in total. The van der Waals surface area contributed by atoms with Gasteiger partial charge in [0.1, 0.15) is 5.60 Å². The van der Waals surface area contributed by atoms with Gasteiger partial charge in [0.15, 0.2) is 0 Å². The lowest BCUT2D eigenvalue weighted by atomic mass is 9.92. The van der Waals surface area contributed by atoms with Crippen molar-refractivity contribution in [3.8, 4) is 0 Å². The van der Waals surface area contributed by atoms with Crippen molar-refractivity contribution in [2.24, 2.45) is 5.84 Å². The van der Waals surface area contributed by atoms with Crippen LogP contribution < -0.4 is 11.3 Å². The zero-order chi connectivity index (χ0) is 19.2. The molecule has 2 aromatic carbocycles. The van der Waals surface area contributed by atoms with Crippen LogP contribution in [0.4, 0.5) is 5.69 Å². The number of rotatable bonds is 6. The highest BCUT2D eigenvalue weighted by Gasteiger charge is 2.27. The first-order valence-electron chi connectivity index (χ1n) is 8.82. The van der Waals surface area contributed by atoms with E-state index in [1.54, 1.807) is 0 Å². The van der Waals surface area contributed by atoms with E-state index in [1.165, 1.54) is 0 Å². The molecule has 2 aromatic rings. The first kappa shape index (κ1) is 19.7. The van der Waals surface area contributed by atoms with Crippen LogP contribution in [0.1, 0.15) is 49.8 Å². The molecule has 0 aliphatic rings. The minimum absolute atomic E-state index is 0.252. The number of hydrogen-bond acceptors (Lipinski definition) is 4. The molecule has 0 aliphatic heterocycles. The number of ether oxygens (including phenoxy) is 1. The molecule has 0 unspecified atom stereocenters. The summed E-state index contributed by atoms with van der Waals surface area (Å²) in [6.45, 7) is 7.62. The number of nitrogen functional groups attached to an aromatic ring is 1. The van der Waals surface area contributed by atoms with Crippen molar-refractivity contribution in [2.75, 3.05) is 5.43 Å². The summed E-state index contributed by atoms with van der Waals surface area (Å²) in [7, 11) is 0. The first-order chi connectivity index (χ1) is 12.3. The van der Waals surface area contributed by atoms with E-state index in [4.69, 9.17) is 10.6 Å². The van der Waals surface area contributed by atoms with Gasteiger partial charge in [-0.1, -0.05) is 60.2 Å². The van der Waals surface area contributed by atoms with Crippen molar-refractivity contribution < 1.29 is 9.53 Å². The average Bonchev–Trinajstić information content (AvgIpc) is 2.58. The quantitative estimate of drug-likeness (QED) is 0.445.